The number of nitrogens with zero attached hydrogens (tertiary/aromatic N) is 2. The Morgan fingerprint density at radius 1 is 1.38 bits per heavy atom. The van der Waals surface area contributed by atoms with Crippen LogP contribution in [0.4, 0.5) is 11.4 Å². The lowest BCUT2D eigenvalue weighted by Crippen LogP contribution is -2.40. The van der Waals surface area contributed by atoms with Gasteiger partial charge in [0.15, 0.2) is 0 Å². The van der Waals surface area contributed by atoms with Crippen molar-refractivity contribution in [3.05, 3.63) is 40.6 Å². The molecule has 6 heteroatoms. The summed E-state index contributed by atoms with van der Waals surface area (Å²) in [4.78, 5) is 9.40. The van der Waals surface area contributed by atoms with Crippen molar-refractivity contribution < 1.29 is 0 Å². The van der Waals surface area contributed by atoms with E-state index < -0.39 is 0 Å². The molecule has 1 unspecified atom stereocenters. The predicted molar refractivity (Wildman–Crippen MR) is 107 cm³/mol. The number of rotatable bonds is 2. The average Bonchev–Trinajstić information content (AvgIpc) is 3.28. The zero-order valence-corrected chi connectivity index (χ0v) is 15.6. The van der Waals surface area contributed by atoms with E-state index in [9.17, 15) is 0 Å². The van der Waals surface area contributed by atoms with Crippen molar-refractivity contribution in [3.63, 3.8) is 0 Å². The molecular weight excluding hydrogens is 336 g/mol. The van der Waals surface area contributed by atoms with E-state index in [0.717, 1.165) is 31.1 Å². The highest BCUT2D eigenvalue weighted by atomic mass is 32.2. The smallest absolute Gasteiger partial charge is 0.0860 e. The summed E-state index contributed by atoms with van der Waals surface area (Å²) in [7, 11) is 0. The van der Waals surface area contributed by atoms with Gasteiger partial charge >= 0.3 is 0 Å². The van der Waals surface area contributed by atoms with Gasteiger partial charge in [-0.25, -0.2) is 4.99 Å². The Hall–Kier alpha value is -1.50. The van der Waals surface area contributed by atoms with Crippen molar-refractivity contribution in [3.8, 4) is 0 Å². The standard InChI is InChI=1S/C13H18N4S.C5H6S/c14-9-16-10-1-2-12-13(7-10)18-6-5-17(12)11-3-4-15-8-11;1-5-3-2-4-6-5/h1-2,7,9,11,15H,3-6,8H2,(H2,14,16);2-4H,1H3. The Morgan fingerprint density at radius 3 is 2.92 bits per heavy atom. The first-order valence-electron chi connectivity index (χ1n) is 8.26. The third kappa shape index (κ3) is 4.32. The van der Waals surface area contributed by atoms with E-state index in [4.69, 9.17) is 5.73 Å². The van der Waals surface area contributed by atoms with E-state index in [1.807, 2.05) is 17.8 Å². The molecule has 1 atom stereocenters. The Morgan fingerprint density at radius 2 is 2.29 bits per heavy atom. The third-order valence-electron chi connectivity index (χ3n) is 4.20. The van der Waals surface area contributed by atoms with Crippen LogP contribution in [0.1, 0.15) is 11.3 Å². The molecule has 3 N–H and O–H groups in total. The first-order chi connectivity index (χ1) is 11.8. The summed E-state index contributed by atoms with van der Waals surface area (Å²) < 4.78 is 0. The number of aliphatic imine (C=N–C) groups is 1. The van der Waals surface area contributed by atoms with Gasteiger partial charge < -0.3 is 16.0 Å². The molecule has 2 aliphatic heterocycles. The summed E-state index contributed by atoms with van der Waals surface area (Å²) >= 11 is 3.69. The van der Waals surface area contributed by atoms with Crippen LogP contribution in [0.25, 0.3) is 0 Å². The lowest BCUT2D eigenvalue weighted by Gasteiger charge is -2.35. The van der Waals surface area contributed by atoms with Crippen LogP contribution in [-0.2, 0) is 0 Å². The van der Waals surface area contributed by atoms with Gasteiger partial charge in [-0.2, -0.15) is 0 Å². The molecule has 1 aromatic heterocycles. The second kappa shape index (κ2) is 8.55. The zero-order valence-electron chi connectivity index (χ0n) is 13.9. The fourth-order valence-corrected chi connectivity index (χ4v) is 4.62. The summed E-state index contributed by atoms with van der Waals surface area (Å²) in [6.45, 7) is 5.49. The van der Waals surface area contributed by atoms with Crippen molar-refractivity contribution in [1.82, 2.24) is 5.32 Å². The largest absolute Gasteiger partial charge is 0.390 e. The Labute approximate surface area is 152 Å². The van der Waals surface area contributed by atoms with Crippen LogP contribution in [0.5, 0.6) is 0 Å². The van der Waals surface area contributed by atoms with Crippen LogP contribution in [0.3, 0.4) is 0 Å². The van der Waals surface area contributed by atoms with Crippen molar-refractivity contribution in [1.29, 1.82) is 0 Å². The second-order valence-electron chi connectivity index (χ2n) is 5.84. The van der Waals surface area contributed by atoms with Crippen LogP contribution in [0, 0.1) is 6.92 Å². The van der Waals surface area contributed by atoms with Crippen molar-refractivity contribution in [2.45, 2.75) is 24.3 Å². The number of thiophene rings is 1. The van der Waals surface area contributed by atoms with Crippen molar-refractivity contribution in [2.75, 3.05) is 30.3 Å². The van der Waals surface area contributed by atoms with E-state index in [1.54, 1.807) is 11.3 Å². The molecule has 0 saturated carbocycles. The van der Waals surface area contributed by atoms with Gasteiger partial charge in [0.25, 0.3) is 0 Å². The maximum absolute atomic E-state index is 5.35. The number of anilines is 1. The second-order valence-corrected chi connectivity index (χ2v) is 8.13. The van der Waals surface area contributed by atoms with E-state index in [1.165, 1.54) is 28.2 Å². The van der Waals surface area contributed by atoms with Gasteiger partial charge in [-0.3, -0.25) is 0 Å². The molecule has 0 amide bonds. The summed E-state index contributed by atoms with van der Waals surface area (Å²) in [5, 5.41) is 5.52. The molecule has 4 nitrogen and oxygen atoms in total. The maximum atomic E-state index is 5.35. The van der Waals surface area contributed by atoms with E-state index in [0.29, 0.717) is 6.04 Å². The number of hydrogen-bond donors (Lipinski definition) is 2. The maximum Gasteiger partial charge on any atom is 0.0860 e. The minimum Gasteiger partial charge on any atom is -0.390 e. The van der Waals surface area contributed by atoms with Gasteiger partial charge in [-0.15, -0.1) is 23.1 Å². The Kier molecular flexibility index (Phi) is 6.18. The summed E-state index contributed by atoms with van der Waals surface area (Å²) in [5.41, 5.74) is 7.64. The van der Waals surface area contributed by atoms with Gasteiger partial charge in [-0.05, 0) is 49.5 Å². The van der Waals surface area contributed by atoms with Gasteiger partial charge in [-0.1, -0.05) is 6.07 Å². The first kappa shape index (κ1) is 17.3. The van der Waals surface area contributed by atoms with Gasteiger partial charge in [0.1, 0.15) is 0 Å². The van der Waals surface area contributed by atoms with E-state index in [-0.39, 0.29) is 0 Å². The molecule has 1 saturated heterocycles. The van der Waals surface area contributed by atoms with Crippen LogP contribution in [0.15, 0.2) is 45.6 Å². The molecule has 2 aromatic rings. The molecule has 0 bridgehead atoms. The third-order valence-corrected chi connectivity index (χ3v) is 6.03. The number of hydrogen-bond acceptors (Lipinski definition) is 5. The van der Waals surface area contributed by atoms with Crippen molar-refractivity contribution in [2.24, 2.45) is 10.7 Å². The average molecular weight is 361 g/mol. The fourth-order valence-electron chi connectivity index (χ4n) is 3.04. The summed E-state index contributed by atoms with van der Waals surface area (Å²) in [6.07, 6.45) is 2.60. The lowest BCUT2D eigenvalue weighted by atomic mass is 10.1. The normalized spacial score (nSPS) is 19.9. The monoisotopic (exact) mass is 360 g/mol. The quantitative estimate of drug-likeness (QED) is 0.634. The van der Waals surface area contributed by atoms with Crippen LogP contribution < -0.4 is 16.0 Å². The molecule has 1 fully saturated rings. The number of aryl methyl sites for hydroxylation is 1. The lowest BCUT2D eigenvalue weighted by molar-refractivity contribution is 0.642. The molecule has 3 heterocycles. The number of nitrogens with two attached hydrogens (primary N) is 1. The highest BCUT2D eigenvalue weighted by Gasteiger charge is 2.26. The zero-order chi connectivity index (χ0) is 16.8. The molecule has 24 heavy (non-hydrogen) atoms. The highest BCUT2D eigenvalue weighted by molar-refractivity contribution is 7.99. The number of nitrogens with one attached hydrogen (secondary N) is 1. The molecule has 1 aromatic carbocycles. The highest BCUT2D eigenvalue weighted by Crippen LogP contribution is 2.38. The predicted octanol–water partition coefficient (Wildman–Crippen LogP) is 3.64. The van der Waals surface area contributed by atoms with E-state index >= 15 is 0 Å². The SMILES string of the molecule is Cc1cccs1.NC=Nc1ccc2c(c1)SCCN2C1CCNC1. The Bertz CT molecular complexity index is 664. The fraction of sp³-hybridized carbons (Fsp3) is 0.389. The first-order valence-corrected chi connectivity index (χ1v) is 10.1. The molecule has 2 aliphatic rings. The van der Waals surface area contributed by atoms with Crippen LogP contribution in [-0.4, -0.2) is 37.8 Å². The Balaban J connectivity index is 0.000000238. The van der Waals surface area contributed by atoms with E-state index in [2.05, 4.69) is 51.8 Å². The molecule has 4 rings (SSSR count). The van der Waals surface area contributed by atoms with Gasteiger partial charge in [0.2, 0.25) is 0 Å². The molecule has 0 aliphatic carbocycles. The van der Waals surface area contributed by atoms with Gasteiger partial charge in [0.05, 0.1) is 17.7 Å². The minimum atomic E-state index is 0.647. The number of fused-ring (bicyclic) bond motifs is 1. The van der Waals surface area contributed by atoms with Gasteiger partial charge in [0, 0.05) is 34.7 Å². The molecule has 0 spiro atoms. The van der Waals surface area contributed by atoms with Crippen LogP contribution >= 0.6 is 23.1 Å². The molecule has 128 valence electrons. The van der Waals surface area contributed by atoms with Crippen LogP contribution in [0.2, 0.25) is 0 Å². The summed E-state index contributed by atoms with van der Waals surface area (Å²) in [5.74, 6) is 1.15. The number of benzene rings is 1. The molecule has 0 radical (unpaired) electrons. The topological polar surface area (TPSA) is 53.6 Å². The minimum absolute atomic E-state index is 0.647. The number of thioether (sulfide) groups is 1. The van der Waals surface area contributed by atoms with Crippen molar-refractivity contribution >= 4 is 40.8 Å². The summed E-state index contributed by atoms with van der Waals surface area (Å²) in [6, 6.07) is 11.2. The molecular formula is C18H24N4S2.